The lowest BCUT2D eigenvalue weighted by Crippen LogP contribution is -2.32. The maximum Gasteiger partial charge on any atom is 0.0623 e. The smallest absolute Gasteiger partial charge is 0.0623 e. The number of anilines is 3. The minimum Gasteiger partial charge on any atom is -0.333 e. The molecule has 0 fully saturated rings. The van der Waals surface area contributed by atoms with Gasteiger partial charge in [0, 0.05) is 34.4 Å². The number of nitrogens with zero attached hydrogens (tertiary/aromatic N) is 2. The molecule has 0 amide bonds. The summed E-state index contributed by atoms with van der Waals surface area (Å²) in [6.07, 6.45) is 19.7. The topological polar surface area (TPSA) is 6.48 Å². The van der Waals surface area contributed by atoms with Gasteiger partial charge in [-0.3, -0.25) is 0 Å². The van der Waals surface area contributed by atoms with Crippen LogP contribution in [-0.2, 0) is 0 Å². The second-order valence-electron chi connectivity index (χ2n) is 14.4. The van der Waals surface area contributed by atoms with Crippen molar-refractivity contribution in [1.29, 1.82) is 0 Å². The number of benzene rings is 6. The fraction of sp³-hybridized carbons (Fsp3) is 0.111. The average molecular weight is 725 g/mol. The molecule has 56 heavy (non-hydrogen) atoms. The quantitative estimate of drug-likeness (QED) is 0.0970. The Morgan fingerprint density at radius 1 is 0.714 bits per heavy atom. The van der Waals surface area contributed by atoms with E-state index in [0.717, 1.165) is 41.1 Å². The number of para-hydroxylation sites is 1. The van der Waals surface area contributed by atoms with Crippen LogP contribution in [0.1, 0.15) is 49.3 Å². The van der Waals surface area contributed by atoms with Gasteiger partial charge in [-0.25, -0.2) is 0 Å². The summed E-state index contributed by atoms with van der Waals surface area (Å²) < 4.78 is 0. The summed E-state index contributed by atoms with van der Waals surface area (Å²) in [6.45, 7) is 12.9. The summed E-state index contributed by atoms with van der Waals surface area (Å²) in [4.78, 5) is 4.85. The second-order valence-corrected chi connectivity index (χ2v) is 14.4. The summed E-state index contributed by atoms with van der Waals surface area (Å²) in [6, 6.07) is 52.6. The first-order valence-electron chi connectivity index (χ1n) is 19.7. The molecule has 0 aromatic heterocycles. The zero-order valence-corrected chi connectivity index (χ0v) is 32.4. The Bertz CT molecular complexity index is 2520. The van der Waals surface area contributed by atoms with E-state index in [0.29, 0.717) is 0 Å². The van der Waals surface area contributed by atoms with Gasteiger partial charge in [0.25, 0.3) is 0 Å². The van der Waals surface area contributed by atoms with Gasteiger partial charge in [0.2, 0.25) is 0 Å². The molecule has 0 bridgehead atoms. The highest BCUT2D eigenvalue weighted by molar-refractivity contribution is 5.97. The Balaban J connectivity index is 1.18. The predicted molar refractivity (Wildman–Crippen MR) is 242 cm³/mol. The van der Waals surface area contributed by atoms with Crippen LogP contribution in [0.4, 0.5) is 17.1 Å². The molecule has 1 aliphatic heterocycles. The summed E-state index contributed by atoms with van der Waals surface area (Å²) in [5.74, 6) is 0.256. The Morgan fingerprint density at radius 2 is 1.39 bits per heavy atom. The predicted octanol–water partition coefficient (Wildman–Crippen LogP) is 14.6. The molecule has 6 aromatic carbocycles. The third kappa shape index (κ3) is 7.03. The van der Waals surface area contributed by atoms with Crippen LogP contribution in [0.2, 0.25) is 0 Å². The van der Waals surface area contributed by atoms with Crippen molar-refractivity contribution in [2.45, 2.75) is 38.6 Å². The molecule has 2 nitrogen and oxygen atoms in total. The van der Waals surface area contributed by atoms with Crippen molar-refractivity contribution in [1.82, 2.24) is 0 Å². The molecule has 2 aliphatic rings. The molecule has 8 rings (SSSR count). The van der Waals surface area contributed by atoms with E-state index in [1.807, 2.05) is 6.07 Å². The van der Waals surface area contributed by atoms with Crippen LogP contribution in [0.15, 0.2) is 219 Å². The summed E-state index contributed by atoms with van der Waals surface area (Å²) >= 11 is 0. The lowest BCUT2D eigenvalue weighted by molar-refractivity contribution is 0.734. The van der Waals surface area contributed by atoms with E-state index in [1.54, 1.807) is 0 Å². The number of allylic oxidation sites excluding steroid dienone is 8. The molecule has 1 aliphatic carbocycles. The number of hydrogen-bond donors (Lipinski definition) is 0. The van der Waals surface area contributed by atoms with Gasteiger partial charge in [0.05, 0.1) is 6.04 Å². The molecule has 0 radical (unpaired) electrons. The Morgan fingerprint density at radius 3 is 2.12 bits per heavy atom. The van der Waals surface area contributed by atoms with Gasteiger partial charge in [0.1, 0.15) is 0 Å². The fourth-order valence-electron chi connectivity index (χ4n) is 8.39. The van der Waals surface area contributed by atoms with Gasteiger partial charge < -0.3 is 9.80 Å². The molecular weight excluding hydrogens is 677 g/mol. The van der Waals surface area contributed by atoms with E-state index >= 15 is 0 Å². The van der Waals surface area contributed by atoms with E-state index < -0.39 is 0 Å². The molecule has 2 atom stereocenters. The Kier molecular flexibility index (Phi) is 10.6. The number of fused-ring (bicyclic) bond motifs is 2. The first-order chi connectivity index (χ1) is 27.6. The normalized spacial score (nSPS) is 16.9. The Hall–Kier alpha value is -6.64. The van der Waals surface area contributed by atoms with Gasteiger partial charge in [-0.1, -0.05) is 158 Å². The van der Waals surface area contributed by atoms with Gasteiger partial charge >= 0.3 is 0 Å². The molecular formula is C54H48N2. The van der Waals surface area contributed by atoms with Gasteiger partial charge in [-0.15, -0.1) is 6.58 Å². The van der Waals surface area contributed by atoms with Crippen molar-refractivity contribution >= 4 is 39.0 Å². The molecule has 0 N–H and O–H groups in total. The van der Waals surface area contributed by atoms with Crippen LogP contribution in [0.3, 0.4) is 0 Å². The van der Waals surface area contributed by atoms with E-state index in [9.17, 15) is 0 Å². The maximum absolute atomic E-state index is 4.39. The van der Waals surface area contributed by atoms with E-state index in [-0.39, 0.29) is 12.0 Å². The molecule has 274 valence electrons. The van der Waals surface area contributed by atoms with Crippen molar-refractivity contribution in [2.24, 2.45) is 0 Å². The first kappa shape index (κ1) is 36.3. The zero-order valence-electron chi connectivity index (χ0n) is 32.4. The zero-order chi connectivity index (χ0) is 38.4. The number of rotatable bonds is 11. The van der Waals surface area contributed by atoms with Gasteiger partial charge in [-0.2, -0.15) is 0 Å². The van der Waals surface area contributed by atoms with Crippen molar-refractivity contribution in [3.63, 3.8) is 0 Å². The summed E-state index contributed by atoms with van der Waals surface area (Å²) in [5, 5.41) is 2.50. The van der Waals surface area contributed by atoms with Crippen LogP contribution in [0.25, 0.3) is 33.0 Å². The standard InChI is InChI=1S/C54H48N2/c1-5-18-50-51-25-14-16-28-54(51)56(52(50)7-3)53-27-15-13-24-49(53)43-32-37-46(38-33-43)55(44(6-2)34-29-39(4)40-19-9-8-10-20-40)45-35-30-42(31-36-45)48-26-17-22-41-21-11-12-23-47(41)48/h5-12,14-23,25-38,50,52H,3-4,13,24H2,1-2H3/b18-5-,34-29-,44-6+. The molecule has 6 aromatic rings. The molecule has 1 heterocycles. The van der Waals surface area contributed by atoms with Crippen molar-refractivity contribution in [3.8, 4) is 11.1 Å². The average Bonchev–Trinajstić information content (AvgIpc) is 3.58. The molecule has 0 saturated heterocycles. The summed E-state index contributed by atoms with van der Waals surface area (Å²) in [7, 11) is 0. The lowest BCUT2D eigenvalue weighted by Gasteiger charge is -2.32. The highest BCUT2D eigenvalue weighted by Gasteiger charge is 2.37. The minimum atomic E-state index is 0.137. The maximum atomic E-state index is 4.39. The van der Waals surface area contributed by atoms with Crippen LogP contribution in [-0.4, -0.2) is 6.04 Å². The fourth-order valence-corrected chi connectivity index (χ4v) is 8.39. The number of hydrogen-bond acceptors (Lipinski definition) is 2. The minimum absolute atomic E-state index is 0.137. The molecule has 0 spiro atoms. The third-order valence-electron chi connectivity index (χ3n) is 11.1. The third-order valence-corrected chi connectivity index (χ3v) is 11.1. The SMILES string of the molecule is C=CC1C(/C=C\C)c2ccccc2N1C1=C(c2ccc(N(C(/C=C\C(=C)c3ccccc3)=C/C)c3ccc(-c4cccc5ccccc45)cc3)cc2)CCC=C1. The largest absolute Gasteiger partial charge is 0.333 e. The van der Waals surface area contributed by atoms with Crippen molar-refractivity contribution < 1.29 is 0 Å². The summed E-state index contributed by atoms with van der Waals surface area (Å²) in [5.41, 5.74) is 14.2. The lowest BCUT2D eigenvalue weighted by atomic mass is 9.92. The van der Waals surface area contributed by atoms with Gasteiger partial charge in [-0.05, 0) is 119 Å². The Labute approximate surface area is 332 Å². The highest BCUT2D eigenvalue weighted by atomic mass is 15.2. The monoisotopic (exact) mass is 724 g/mol. The van der Waals surface area contributed by atoms with Gasteiger partial charge in [0.15, 0.2) is 0 Å². The van der Waals surface area contributed by atoms with E-state index in [2.05, 4.69) is 225 Å². The van der Waals surface area contributed by atoms with Crippen LogP contribution < -0.4 is 9.80 Å². The van der Waals surface area contributed by atoms with E-state index in [1.165, 1.54) is 50.0 Å². The molecule has 2 unspecified atom stereocenters. The molecule has 0 saturated carbocycles. The highest BCUT2D eigenvalue weighted by Crippen LogP contribution is 2.47. The van der Waals surface area contributed by atoms with Crippen LogP contribution >= 0.6 is 0 Å². The van der Waals surface area contributed by atoms with Crippen LogP contribution in [0.5, 0.6) is 0 Å². The van der Waals surface area contributed by atoms with Crippen molar-refractivity contribution in [3.05, 3.63) is 235 Å². The second kappa shape index (κ2) is 16.4. The van der Waals surface area contributed by atoms with Crippen LogP contribution in [0, 0.1) is 0 Å². The first-order valence-corrected chi connectivity index (χ1v) is 19.7. The van der Waals surface area contributed by atoms with E-state index in [4.69, 9.17) is 0 Å². The van der Waals surface area contributed by atoms with Crippen molar-refractivity contribution in [2.75, 3.05) is 9.80 Å². The molecule has 2 heteroatoms.